The van der Waals surface area contributed by atoms with Crippen LogP contribution in [0.1, 0.15) is 30.3 Å². The van der Waals surface area contributed by atoms with Gasteiger partial charge in [-0.15, -0.1) is 11.3 Å². The molecule has 1 aliphatic rings. The van der Waals surface area contributed by atoms with Gasteiger partial charge in [0.1, 0.15) is 5.01 Å². The number of fused-ring (bicyclic) bond motifs is 1. The molecule has 1 saturated heterocycles. The maximum absolute atomic E-state index is 12.0. The van der Waals surface area contributed by atoms with Crippen molar-refractivity contribution >= 4 is 27.5 Å². The van der Waals surface area contributed by atoms with Crippen LogP contribution in [0.3, 0.4) is 0 Å². The fraction of sp³-hybridized carbons (Fsp3) is 0.333. The molecule has 1 amide bonds. The zero-order valence-corrected chi connectivity index (χ0v) is 11.5. The van der Waals surface area contributed by atoms with E-state index in [1.165, 1.54) is 10.8 Å². The van der Waals surface area contributed by atoms with Crippen molar-refractivity contribution in [2.45, 2.75) is 25.3 Å². The molecule has 1 aromatic heterocycles. The lowest BCUT2D eigenvalue weighted by atomic mass is 10.0. The number of nitrogens with zero attached hydrogens (tertiary/aromatic N) is 2. The smallest absolute Gasteiger partial charge is 0.246 e. The maximum atomic E-state index is 12.0. The number of thiazole rings is 1. The van der Waals surface area contributed by atoms with E-state index in [-0.39, 0.29) is 11.9 Å². The quantitative estimate of drug-likeness (QED) is 0.783. The highest BCUT2D eigenvalue weighted by molar-refractivity contribution is 7.18. The molecule has 1 aliphatic heterocycles. The van der Waals surface area contributed by atoms with Crippen molar-refractivity contribution in [2.75, 3.05) is 6.54 Å². The Morgan fingerprint density at radius 1 is 1.42 bits per heavy atom. The summed E-state index contributed by atoms with van der Waals surface area (Å²) in [7, 11) is 0. The third kappa shape index (κ3) is 2.28. The summed E-state index contributed by atoms with van der Waals surface area (Å²) in [4.78, 5) is 18.6. The van der Waals surface area contributed by atoms with Crippen molar-refractivity contribution in [3.63, 3.8) is 0 Å². The Balaban J connectivity index is 1.97. The highest BCUT2D eigenvalue weighted by Crippen LogP contribution is 2.35. The predicted octanol–water partition coefficient (Wildman–Crippen LogP) is 3.54. The molecule has 0 aliphatic carbocycles. The van der Waals surface area contributed by atoms with E-state index in [9.17, 15) is 4.79 Å². The second-order valence-corrected chi connectivity index (χ2v) is 5.83. The van der Waals surface area contributed by atoms with Crippen molar-refractivity contribution in [3.8, 4) is 0 Å². The van der Waals surface area contributed by atoms with Gasteiger partial charge in [-0.25, -0.2) is 4.98 Å². The Morgan fingerprint density at radius 3 is 3.05 bits per heavy atom. The normalized spacial score (nSPS) is 19.6. The van der Waals surface area contributed by atoms with Crippen LogP contribution in [0.15, 0.2) is 36.9 Å². The Morgan fingerprint density at radius 2 is 2.26 bits per heavy atom. The molecule has 3 nitrogen and oxygen atoms in total. The van der Waals surface area contributed by atoms with Crippen LogP contribution < -0.4 is 0 Å². The first-order chi connectivity index (χ1) is 9.29. The summed E-state index contributed by atoms with van der Waals surface area (Å²) in [5.41, 5.74) is 1.03. The van der Waals surface area contributed by atoms with Crippen LogP contribution in [0.4, 0.5) is 0 Å². The van der Waals surface area contributed by atoms with Crippen molar-refractivity contribution < 1.29 is 4.79 Å². The van der Waals surface area contributed by atoms with Crippen LogP contribution in [0, 0.1) is 0 Å². The van der Waals surface area contributed by atoms with Gasteiger partial charge in [0.05, 0.1) is 16.3 Å². The maximum Gasteiger partial charge on any atom is 0.246 e. The molecule has 1 unspecified atom stereocenters. The van der Waals surface area contributed by atoms with Crippen molar-refractivity contribution in [3.05, 3.63) is 41.9 Å². The van der Waals surface area contributed by atoms with Gasteiger partial charge >= 0.3 is 0 Å². The fourth-order valence-corrected chi connectivity index (χ4v) is 3.72. The average molecular weight is 272 g/mol. The van der Waals surface area contributed by atoms with Crippen LogP contribution >= 0.6 is 11.3 Å². The third-order valence-corrected chi connectivity index (χ3v) is 4.69. The Labute approximate surface area is 116 Å². The molecule has 98 valence electrons. The number of hydrogen-bond donors (Lipinski definition) is 0. The molecule has 1 fully saturated rings. The van der Waals surface area contributed by atoms with Crippen LogP contribution in [0.25, 0.3) is 10.2 Å². The summed E-state index contributed by atoms with van der Waals surface area (Å²) >= 11 is 1.70. The number of para-hydroxylation sites is 1. The molecule has 2 aromatic rings. The zero-order valence-electron chi connectivity index (χ0n) is 10.7. The Bertz CT molecular complexity index is 586. The summed E-state index contributed by atoms with van der Waals surface area (Å²) in [6.45, 7) is 4.41. The lowest BCUT2D eigenvalue weighted by Crippen LogP contribution is -2.37. The van der Waals surface area contributed by atoms with Gasteiger partial charge in [0.2, 0.25) is 5.91 Å². The number of rotatable bonds is 2. The number of amides is 1. The van der Waals surface area contributed by atoms with Gasteiger partial charge in [0.25, 0.3) is 0 Å². The van der Waals surface area contributed by atoms with E-state index in [0.29, 0.717) is 0 Å². The molecule has 4 heteroatoms. The van der Waals surface area contributed by atoms with Gasteiger partial charge in [-0.3, -0.25) is 4.79 Å². The van der Waals surface area contributed by atoms with E-state index in [1.54, 1.807) is 11.3 Å². The minimum absolute atomic E-state index is 0.0176. The van der Waals surface area contributed by atoms with Gasteiger partial charge in [0.15, 0.2) is 0 Å². The summed E-state index contributed by atoms with van der Waals surface area (Å²) in [6.07, 6.45) is 4.63. The molecule has 1 aromatic carbocycles. The molecular formula is C15H16N2OS. The summed E-state index contributed by atoms with van der Waals surface area (Å²) in [5, 5.41) is 1.05. The van der Waals surface area contributed by atoms with E-state index in [1.807, 2.05) is 23.1 Å². The fourth-order valence-electron chi connectivity index (χ4n) is 2.60. The molecular weight excluding hydrogens is 256 g/mol. The Kier molecular flexibility index (Phi) is 3.34. The van der Waals surface area contributed by atoms with E-state index in [4.69, 9.17) is 4.98 Å². The number of aromatic nitrogens is 1. The van der Waals surface area contributed by atoms with Gasteiger partial charge in [0, 0.05) is 6.54 Å². The molecule has 19 heavy (non-hydrogen) atoms. The first-order valence-electron chi connectivity index (χ1n) is 6.58. The summed E-state index contributed by atoms with van der Waals surface area (Å²) < 4.78 is 1.19. The molecule has 0 saturated carbocycles. The monoisotopic (exact) mass is 272 g/mol. The molecule has 2 heterocycles. The zero-order chi connectivity index (χ0) is 13.2. The number of piperidine rings is 1. The first-order valence-corrected chi connectivity index (χ1v) is 7.40. The van der Waals surface area contributed by atoms with E-state index < -0.39 is 0 Å². The van der Waals surface area contributed by atoms with Crippen molar-refractivity contribution in [2.24, 2.45) is 0 Å². The number of likely N-dealkylation sites (tertiary alicyclic amines) is 1. The number of carbonyl (C=O) groups is 1. The second kappa shape index (κ2) is 5.13. The van der Waals surface area contributed by atoms with Gasteiger partial charge in [-0.05, 0) is 37.5 Å². The third-order valence-electron chi connectivity index (χ3n) is 3.56. The topological polar surface area (TPSA) is 33.2 Å². The predicted molar refractivity (Wildman–Crippen MR) is 78.1 cm³/mol. The Hall–Kier alpha value is -1.68. The van der Waals surface area contributed by atoms with Crippen LogP contribution in [0.2, 0.25) is 0 Å². The lowest BCUT2D eigenvalue weighted by Gasteiger charge is -2.33. The summed E-state index contributed by atoms with van der Waals surface area (Å²) in [5.74, 6) is 0.0176. The second-order valence-electron chi connectivity index (χ2n) is 4.77. The number of benzene rings is 1. The summed E-state index contributed by atoms with van der Waals surface area (Å²) in [6, 6.07) is 8.25. The molecule has 3 rings (SSSR count). The van der Waals surface area contributed by atoms with Crippen LogP contribution in [0.5, 0.6) is 0 Å². The highest BCUT2D eigenvalue weighted by atomic mass is 32.1. The molecule has 0 radical (unpaired) electrons. The van der Waals surface area contributed by atoms with E-state index in [0.717, 1.165) is 36.3 Å². The minimum atomic E-state index is 0.0176. The van der Waals surface area contributed by atoms with E-state index >= 15 is 0 Å². The van der Waals surface area contributed by atoms with Gasteiger partial charge in [-0.1, -0.05) is 18.7 Å². The lowest BCUT2D eigenvalue weighted by molar-refractivity contribution is -0.129. The van der Waals surface area contributed by atoms with Gasteiger partial charge in [-0.2, -0.15) is 0 Å². The SMILES string of the molecule is C=CC(=O)N1CCCCC1c1nc2ccccc2s1. The number of carbonyl (C=O) groups excluding carboxylic acids is 1. The standard InChI is InChI=1S/C15H16N2OS/c1-2-14(18)17-10-6-5-8-12(17)15-16-11-7-3-4-9-13(11)19-15/h2-4,7,9,12H,1,5-6,8,10H2. The van der Waals surface area contributed by atoms with E-state index in [2.05, 4.69) is 12.6 Å². The molecule has 0 bridgehead atoms. The number of hydrogen-bond acceptors (Lipinski definition) is 3. The molecule has 1 atom stereocenters. The van der Waals surface area contributed by atoms with Crippen molar-refractivity contribution in [1.29, 1.82) is 0 Å². The highest BCUT2D eigenvalue weighted by Gasteiger charge is 2.28. The van der Waals surface area contributed by atoms with Crippen LogP contribution in [-0.2, 0) is 4.79 Å². The van der Waals surface area contributed by atoms with Gasteiger partial charge < -0.3 is 4.90 Å². The van der Waals surface area contributed by atoms with Crippen molar-refractivity contribution in [1.82, 2.24) is 9.88 Å². The van der Waals surface area contributed by atoms with Crippen LogP contribution in [-0.4, -0.2) is 22.3 Å². The molecule has 0 N–H and O–H groups in total. The first kappa shape index (κ1) is 12.4. The largest absolute Gasteiger partial charge is 0.330 e. The minimum Gasteiger partial charge on any atom is -0.330 e. The average Bonchev–Trinajstić information content (AvgIpc) is 2.90. The molecule has 0 spiro atoms.